The molecule has 0 heterocycles. The van der Waals surface area contributed by atoms with Gasteiger partial charge in [0.1, 0.15) is 0 Å². The van der Waals surface area contributed by atoms with Crippen LogP contribution in [-0.2, 0) is 37.2 Å². The maximum atomic E-state index is 13.2. The Morgan fingerprint density at radius 1 is 0.289 bits per heavy atom. The first-order valence-corrected chi connectivity index (χ1v) is 35.3. The third kappa shape index (κ3) is 49.2. The normalized spacial score (nSPS) is 11.6. The second kappa shape index (κ2) is 55.2. The van der Waals surface area contributed by atoms with E-state index in [9.17, 15) is 28.8 Å². The number of carbonyl (C=O) groups excluding carboxylic acids is 6. The third-order valence-corrected chi connectivity index (χ3v) is 18.0. The zero-order valence-corrected chi connectivity index (χ0v) is 53.2. The Morgan fingerprint density at radius 3 is 0.684 bits per heavy atom. The number of unbranched alkanes of at least 4 members (excludes halogenated alkanes) is 33. The van der Waals surface area contributed by atoms with Gasteiger partial charge in [-0.2, -0.15) is 0 Å². The van der Waals surface area contributed by atoms with Crippen LogP contribution in [0.3, 0.4) is 0 Å². The van der Waals surface area contributed by atoms with E-state index in [0.717, 1.165) is 116 Å². The van der Waals surface area contributed by atoms with E-state index in [-0.39, 0.29) is 37.0 Å². The van der Waals surface area contributed by atoms with E-state index in [1.165, 1.54) is 151 Å². The van der Waals surface area contributed by atoms with Crippen LogP contribution in [0.2, 0.25) is 0 Å². The van der Waals surface area contributed by atoms with Gasteiger partial charge >= 0.3 is 286 Å². The standard InChI is InChI=1S/3C21H39NO3.Bi/c3*1-3-4-5-6-7-8-9-10-11-12-13-14-15-16-17-18-20(23)22(2)19-21(24)25;/h3*10-11H,3-9,12-19H2,1-2H3,(H,24,25);/q;;;+3/p-3/b3*11-10-;. The first-order chi connectivity index (χ1) is 36.9. The van der Waals surface area contributed by atoms with Gasteiger partial charge in [-0.1, -0.05) is 154 Å². The quantitative estimate of drug-likeness (QED) is 0.0331. The molecule has 0 rings (SSSR count). The molecule has 0 aromatic rings. The second-order valence-corrected chi connectivity index (χ2v) is 25.2. The fourth-order valence-corrected chi connectivity index (χ4v) is 11.9. The van der Waals surface area contributed by atoms with Gasteiger partial charge in [0.2, 0.25) is 0 Å². The van der Waals surface area contributed by atoms with Crippen molar-refractivity contribution in [2.45, 2.75) is 290 Å². The van der Waals surface area contributed by atoms with E-state index in [4.69, 9.17) is 8.44 Å². The predicted octanol–water partition coefficient (Wildman–Crippen LogP) is 16.1. The SMILES string of the molecule is CCCCCCCC/C=C\CCCCCCCC(=O)N(C)CC(=O)[O][Bi]([O]C(=O)CN(C)C(=O)CCCCCCC/C=C\CCCCCCCC)[O]C(=O)CN(C)C(=O)CCCCCCC/C=C\CCCCCCCC. The van der Waals surface area contributed by atoms with Crippen molar-refractivity contribution < 1.29 is 37.2 Å². The molecule has 0 saturated carbocycles. The molecule has 0 atom stereocenters. The summed E-state index contributed by atoms with van der Waals surface area (Å²) in [6.07, 6.45) is 59.7. The summed E-state index contributed by atoms with van der Waals surface area (Å²) in [5.74, 6) is -3.23. The molecule has 0 aliphatic heterocycles. The van der Waals surface area contributed by atoms with Crippen LogP contribution in [0.5, 0.6) is 0 Å². The molecule has 0 aromatic heterocycles. The number of nitrogens with zero attached hydrogens (tertiary/aromatic N) is 3. The van der Waals surface area contributed by atoms with Crippen molar-refractivity contribution >= 4 is 58.7 Å². The van der Waals surface area contributed by atoms with Gasteiger partial charge in [0.05, 0.1) is 0 Å². The summed E-state index contributed by atoms with van der Waals surface area (Å²) < 4.78 is 16.5. The number of amides is 3. The van der Waals surface area contributed by atoms with E-state index < -0.39 is 60.6 Å². The number of likely N-dealkylation sites (N-methyl/N-ethyl adjacent to an activating group) is 3. The van der Waals surface area contributed by atoms with E-state index in [1.54, 1.807) is 0 Å². The number of allylic oxidation sites excluding steroid dienone is 6. The average Bonchev–Trinajstić information content (AvgIpc) is 3.39. The van der Waals surface area contributed by atoms with Crippen LogP contribution in [0.1, 0.15) is 290 Å². The van der Waals surface area contributed by atoms with Gasteiger partial charge in [0.25, 0.3) is 0 Å². The Morgan fingerprint density at radius 2 is 0.474 bits per heavy atom. The predicted molar refractivity (Wildman–Crippen MR) is 315 cm³/mol. The van der Waals surface area contributed by atoms with Crippen molar-refractivity contribution in [2.24, 2.45) is 0 Å². The van der Waals surface area contributed by atoms with Crippen LogP contribution >= 0.6 is 0 Å². The molecule has 3 amide bonds. The molecule has 12 nitrogen and oxygen atoms in total. The van der Waals surface area contributed by atoms with Crippen molar-refractivity contribution in [1.82, 2.24) is 14.7 Å². The van der Waals surface area contributed by atoms with Crippen LogP contribution in [0.25, 0.3) is 0 Å². The molecular weight excluding hydrogens is 1150 g/mol. The number of hydrogen-bond donors (Lipinski definition) is 0. The summed E-state index contributed by atoms with van der Waals surface area (Å²) in [6.45, 7) is 5.50. The Hall–Kier alpha value is -3.08. The smallest absolute Gasteiger partial charge is 0.0885 e. The van der Waals surface area contributed by atoms with E-state index in [2.05, 4.69) is 57.2 Å². The molecule has 0 radical (unpaired) electrons. The molecule has 0 fully saturated rings. The van der Waals surface area contributed by atoms with Gasteiger partial charge in [-0.05, 0) is 38.5 Å². The molecule has 0 aliphatic rings. The van der Waals surface area contributed by atoms with E-state index >= 15 is 0 Å². The van der Waals surface area contributed by atoms with Crippen LogP contribution in [0, 0.1) is 0 Å². The second-order valence-electron chi connectivity index (χ2n) is 21.4. The van der Waals surface area contributed by atoms with Crippen LogP contribution < -0.4 is 0 Å². The zero-order chi connectivity index (χ0) is 56.0. The van der Waals surface area contributed by atoms with E-state index in [0.29, 0.717) is 19.3 Å². The maximum absolute atomic E-state index is 13.2. The van der Waals surface area contributed by atoms with Crippen molar-refractivity contribution in [3.8, 4) is 0 Å². The number of carbonyl (C=O) groups is 6. The van der Waals surface area contributed by atoms with Crippen molar-refractivity contribution in [2.75, 3.05) is 40.8 Å². The Bertz CT molecular complexity index is 1360. The third-order valence-electron chi connectivity index (χ3n) is 13.9. The topological polar surface area (TPSA) is 140 Å². The molecular formula is C63H114BiN3O9. The van der Waals surface area contributed by atoms with Gasteiger partial charge in [0, 0.05) is 0 Å². The summed E-state index contributed by atoms with van der Waals surface area (Å²) in [5, 5.41) is 0. The first-order valence-electron chi connectivity index (χ1n) is 31.0. The van der Waals surface area contributed by atoms with Crippen LogP contribution in [-0.4, -0.2) is 114 Å². The Kier molecular flexibility index (Phi) is 53.0. The molecule has 0 N–H and O–H groups in total. The van der Waals surface area contributed by atoms with Crippen molar-refractivity contribution in [1.29, 1.82) is 0 Å². The molecule has 0 unspecified atom stereocenters. The summed E-state index contributed by atoms with van der Waals surface area (Å²) >= 11 is -4.64. The Labute approximate surface area is 475 Å². The minimum absolute atomic E-state index is 0.215. The van der Waals surface area contributed by atoms with Gasteiger partial charge in [-0.3, -0.25) is 0 Å². The minimum Gasteiger partial charge on any atom is -0.0885 e. The van der Waals surface area contributed by atoms with Crippen LogP contribution in [0.4, 0.5) is 0 Å². The summed E-state index contributed by atoms with van der Waals surface area (Å²) in [7, 11) is 4.53. The fraction of sp³-hybridized carbons (Fsp3) is 0.810. The summed E-state index contributed by atoms with van der Waals surface area (Å²) in [4.78, 5) is 82.1. The monoisotopic (exact) mass is 1270 g/mol. The molecule has 13 heteroatoms. The van der Waals surface area contributed by atoms with Gasteiger partial charge in [-0.15, -0.1) is 0 Å². The summed E-state index contributed by atoms with van der Waals surface area (Å²) in [6, 6.07) is 0. The minimum atomic E-state index is -4.64. The van der Waals surface area contributed by atoms with Gasteiger partial charge in [-0.25, -0.2) is 0 Å². The van der Waals surface area contributed by atoms with Crippen molar-refractivity contribution in [3.05, 3.63) is 36.5 Å². The zero-order valence-electron chi connectivity index (χ0n) is 49.7. The average molecular weight is 1270 g/mol. The molecule has 440 valence electrons. The first kappa shape index (κ1) is 72.9. The van der Waals surface area contributed by atoms with Gasteiger partial charge < -0.3 is 0 Å². The van der Waals surface area contributed by atoms with Gasteiger partial charge in [0.15, 0.2) is 0 Å². The Balaban J connectivity index is 4.95. The molecule has 0 bridgehead atoms. The van der Waals surface area contributed by atoms with Crippen LogP contribution in [0.15, 0.2) is 36.5 Å². The molecule has 0 saturated heterocycles. The summed E-state index contributed by atoms with van der Waals surface area (Å²) in [5.41, 5.74) is 0. The molecule has 0 spiro atoms. The fourth-order valence-electron chi connectivity index (χ4n) is 8.85. The number of rotatable bonds is 54. The number of hydrogen-bond acceptors (Lipinski definition) is 9. The molecule has 76 heavy (non-hydrogen) atoms. The van der Waals surface area contributed by atoms with E-state index in [1.807, 2.05) is 0 Å². The van der Waals surface area contributed by atoms with Crippen molar-refractivity contribution in [3.63, 3.8) is 0 Å². The molecule has 0 aliphatic carbocycles. The molecule has 0 aromatic carbocycles.